The van der Waals surface area contributed by atoms with Crippen LogP contribution in [0.5, 0.6) is 0 Å². The average molecular weight is 216 g/mol. The molecule has 2 N–H and O–H groups in total. The Balaban J connectivity index is 2.54. The lowest BCUT2D eigenvalue weighted by Crippen LogP contribution is -2.39. The molecule has 0 aromatic heterocycles. The number of carbonyl (C=O) groups is 3. The van der Waals surface area contributed by atoms with Crippen LogP contribution in [0.1, 0.15) is 6.42 Å². The number of nitrogens with zero attached hydrogens (tertiary/aromatic N) is 1. The first-order valence-electron chi connectivity index (χ1n) is 4.37. The summed E-state index contributed by atoms with van der Waals surface area (Å²) in [4.78, 5) is 33.7. The summed E-state index contributed by atoms with van der Waals surface area (Å²) < 4.78 is 4.86. The van der Waals surface area contributed by atoms with Crippen LogP contribution in [0.25, 0.3) is 0 Å². The van der Waals surface area contributed by atoms with E-state index in [2.05, 4.69) is 5.32 Å². The fraction of sp³-hybridized carbons (Fsp3) is 0.625. The topological polar surface area (TPSA) is 95.9 Å². The number of ether oxygens (including phenoxy) is 1. The number of imide groups is 1. The molecule has 1 fully saturated rings. The summed E-state index contributed by atoms with van der Waals surface area (Å²) in [6, 6.07) is -0.507. The van der Waals surface area contributed by atoms with Gasteiger partial charge in [0.25, 0.3) is 0 Å². The zero-order valence-corrected chi connectivity index (χ0v) is 8.23. The molecule has 1 unspecified atom stereocenters. The minimum absolute atomic E-state index is 0.0343. The summed E-state index contributed by atoms with van der Waals surface area (Å²) in [6.45, 7) is -0.0736. The Kier molecular flexibility index (Phi) is 3.62. The van der Waals surface area contributed by atoms with Gasteiger partial charge >= 0.3 is 12.0 Å². The van der Waals surface area contributed by atoms with Crippen LogP contribution in [0.15, 0.2) is 0 Å². The zero-order valence-electron chi connectivity index (χ0n) is 8.23. The van der Waals surface area contributed by atoms with Crippen molar-refractivity contribution in [1.29, 1.82) is 0 Å². The molecule has 0 radical (unpaired) electrons. The maximum Gasteiger partial charge on any atom is 0.324 e. The maximum absolute atomic E-state index is 11.2. The molecule has 1 rings (SSSR count). The fourth-order valence-electron chi connectivity index (χ4n) is 1.26. The van der Waals surface area contributed by atoms with Crippen molar-refractivity contribution in [1.82, 2.24) is 10.2 Å². The first-order chi connectivity index (χ1) is 7.04. The Labute approximate surface area is 86.0 Å². The summed E-state index contributed by atoms with van der Waals surface area (Å²) >= 11 is 0. The highest BCUT2D eigenvalue weighted by Gasteiger charge is 2.31. The van der Waals surface area contributed by atoms with Crippen molar-refractivity contribution in [3.63, 3.8) is 0 Å². The zero-order chi connectivity index (χ0) is 11.4. The van der Waals surface area contributed by atoms with E-state index in [4.69, 9.17) is 9.84 Å². The lowest BCUT2D eigenvalue weighted by Gasteiger charge is -2.18. The molecule has 1 atom stereocenters. The number of carbonyl (C=O) groups excluding carboxylic acids is 2. The van der Waals surface area contributed by atoms with E-state index in [0.29, 0.717) is 0 Å². The summed E-state index contributed by atoms with van der Waals surface area (Å²) in [5.41, 5.74) is 0. The van der Waals surface area contributed by atoms with Gasteiger partial charge < -0.3 is 15.2 Å². The van der Waals surface area contributed by atoms with Crippen LogP contribution in [-0.2, 0) is 14.3 Å². The van der Waals surface area contributed by atoms with Crippen LogP contribution in [0.3, 0.4) is 0 Å². The van der Waals surface area contributed by atoms with E-state index >= 15 is 0 Å². The molecule has 84 valence electrons. The predicted octanol–water partition coefficient (Wildman–Crippen LogP) is -0.972. The van der Waals surface area contributed by atoms with E-state index in [1.807, 2.05) is 0 Å². The SMILES string of the molecule is COC(CC(=O)O)CN1C(=O)CNC1=O. The summed E-state index contributed by atoms with van der Waals surface area (Å²) in [7, 11) is 1.34. The summed E-state index contributed by atoms with van der Waals surface area (Å²) in [6.07, 6.45) is -0.914. The first kappa shape index (κ1) is 11.4. The van der Waals surface area contributed by atoms with Gasteiger partial charge in [0.2, 0.25) is 5.91 Å². The molecule has 7 heteroatoms. The number of hydrogen-bond donors (Lipinski definition) is 2. The second kappa shape index (κ2) is 4.74. The molecule has 1 saturated heterocycles. The molecule has 1 heterocycles. The highest BCUT2D eigenvalue weighted by molar-refractivity contribution is 6.01. The van der Waals surface area contributed by atoms with Crippen molar-refractivity contribution in [3.05, 3.63) is 0 Å². The van der Waals surface area contributed by atoms with Gasteiger partial charge in [-0.3, -0.25) is 14.5 Å². The standard InChI is InChI=1S/C8H12N2O5/c1-15-5(2-7(12)13)4-10-6(11)3-9-8(10)14/h5H,2-4H2,1H3,(H,9,14)(H,12,13). The monoisotopic (exact) mass is 216 g/mol. The van der Waals surface area contributed by atoms with Crippen molar-refractivity contribution in [2.45, 2.75) is 12.5 Å². The average Bonchev–Trinajstić information content (AvgIpc) is 2.47. The Morgan fingerprint density at radius 2 is 2.33 bits per heavy atom. The van der Waals surface area contributed by atoms with E-state index in [1.165, 1.54) is 7.11 Å². The van der Waals surface area contributed by atoms with Gasteiger partial charge in [-0.25, -0.2) is 4.79 Å². The third kappa shape index (κ3) is 2.91. The van der Waals surface area contributed by atoms with E-state index in [9.17, 15) is 14.4 Å². The maximum atomic E-state index is 11.2. The minimum Gasteiger partial charge on any atom is -0.481 e. The van der Waals surface area contributed by atoms with Crippen molar-refractivity contribution in [2.24, 2.45) is 0 Å². The van der Waals surface area contributed by atoms with Gasteiger partial charge in [0, 0.05) is 7.11 Å². The van der Waals surface area contributed by atoms with E-state index in [1.54, 1.807) is 0 Å². The predicted molar refractivity (Wildman–Crippen MR) is 48.2 cm³/mol. The summed E-state index contributed by atoms with van der Waals surface area (Å²) in [5, 5.41) is 10.9. The largest absolute Gasteiger partial charge is 0.481 e. The number of urea groups is 1. The third-order valence-electron chi connectivity index (χ3n) is 2.06. The fourth-order valence-corrected chi connectivity index (χ4v) is 1.26. The highest BCUT2D eigenvalue weighted by atomic mass is 16.5. The molecular weight excluding hydrogens is 204 g/mol. The minimum atomic E-state index is -1.03. The summed E-state index contributed by atoms with van der Waals surface area (Å²) in [5.74, 6) is -1.40. The van der Waals surface area contributed by atoms with Crippen molar-refractivity contribution in [2.75, 3.05) is 20.2 Å². The van der Waals surface area contributed by atoms with E-state index in [0.717, 1.165) is 4.90 Å². The number of methoxy groups -OCH3 is 1. The molecule has 0 saturated carbocycles. The number of carboxylic acid groups (broad SMARTS) is 1. The number of rotatable bonds is 5. The van der Waals surface area contributed by atoms with Gasteiger partial charge in [-0.2, -0.15) is 0 Å². The quantitative estimate of drug-likeness (QED) is 0.576. The van der Waals surface area contributed by atoms with Crippen molar-refractivity contribution >= 4 is 17.9 Å². The van der Waals surface area contributed by atoms with Gasteiger partial charge in [0.15, 0.2) is 0 Å². The third-order valence-corrected chi connectivity index (χ3v) is 2.06. The van der Waals surface area contributed by atoms with Crippen LogP contribution in [0.2, 0.25) is 0 Å². The molecule has 15 heavy (non-hydrogen) atoms. The molecular formula is C8H12N2O5. The smallest absolute Gasteiger partial charge is 0.324 e. The number of aliphatic carboxylic acids is 1. The Bertz CT molecular complexity index is 275. The van der Waals surface area contributed by atoms with E-state index in [-0.39, 0.29) is 25.4 Å². The molecule has 0 aromatic rings. The normalized spacial score (nSPS) is 17.8. The highest BCUT2D eigenvalue weighted by Crippen LogP contribution is 2.05. The van der Waals surface area contributed by atoms with Gasteiger partial charge in [0.1, 0.15) is 0 Å². The van der Waals surface area contributed by atoms with Gasteiger partial charge in [-0.15, -0.1) is 0 Å². The van der Waals surface area contributed by atoms with Crippen LogP contribution in [-0.4, -0.2) is 54.2 Å². The Morgan fingerprint density at radius 3 is 2.73 bits per heavy atom. The molecule has 1 aliphatic heterocycles. The Hall–Kier alpha value is -1.63. The Morgan fingerprint density at radius 1 is 1.67 bits per heavy atom. The van der Waals surface area contributed by atoms with Gasteiger partial charge in [0.05, 0.1) is 25.6 Å². The lowest BCUT2D eigenvalue weighted by molar-refractivity contribution is -0.140. The molecule has 0 aromatic carbocycles. The van der Waals surface area contributed by atoms with Crippen molar-refractivity contribution < 1.29 is 24.2 Å². The van der Waals surface area contributed by atoms with E-state index < -0.39 is 18.1 Å². The second-order valence-electron chi connectivity index (χ2n) is 3.12. The number of hydrogen-bond acceptors (Lipinski definition) is 4. The van der Waals surface area contributed by atoms with Gasteiger partial charge in [-0.05, 0) is 0 Å². The van der Waals surface area contributed by atoms with Crippen molar-refractivity contribution in [3.8, 4) is 0 Å². The van der Waals surface area contributed by atoms with Crippen LogP contribution < -0.4 is 5.32 Å². The second-order valence-corrected chi connectivity index (χ2v) is 3.12. The molecule has 7 nitrogen and oxygen atoms in total. The molecule has 3 amide bonds. The lowest BCUT2D eigenvalue weighted by atomic mass is 10.2. The number of nitrogens with one attached hydrogen (secondary N) is 1. The molecule has 1 aliphatic rings. The first-order valence-corrected chi connectivity index (χ1v) is 4.37. The van der Waals surface area contributed by atoms with Crippen LogP contribution >= 0.6 is 0 Å². The molecule has 0 spiro atoms. The van der Waals surface area contributed by atoms with Crippen LogP contribution in [0, 0.1) is 0 Å². The molecule has 0 aliphatic carbocycles. The van der Waals surface area contributed by atoms with Crippen LogP contribution in [0.4, 0.5) is 4.79 Å². The molecule has 0 bridgehead atoms. The number of carboxylic acids is 1. The number of amides is 3. The van der Waals surface area contributed by atoms with Gasteiger partial charge in [-0.1, -0.05) is 0 Å².